The summed E-state index contributed by atoms with van der Waals surface area (Å²) in [5.74, 6) is -1.17. The summed E-state index contributed by atoms with van der Waals surface area (Å²) in [5.41, 5.74) is 0. The highest BCUT2D eigenvalue weighted by Crippen LogP contribution is 2.24. The maximum absolute atomic E-state index is 11.1. The van der Waals surface area contributed by atoms with E-state index in [1.807, 2.05) is 0 Å². The summed E-state index contributed by atoms with van der Waals surface area (Å²) in [6.45, 7) is 4.81. The van der Waals surface area contributed by atoms with Crippen molar-refractivity contribution < 1.29 is 19.1 Å². The molecule has 13 heavy (non-hydrogen) atoms. The fourth-order valence-electron chi connectivity index (χ4n) is 1.40. The van der Waals surface area contributed by atoms with E-state index in [1.165, 1.54) is 6.92 Å². The van der Waals surface area contributed by atoms with Gasteiger partial charge in [-0.15, -0.1) is 0 Å². The molecule has 0 spiro atoms. The lowest BCUT2D eigenvalue weighted by atomic mass is 10.1. The van der Waals surface area contributed by atoms with Crippen molar-refractivity contribution in [2.75, 3.05) is 0 Å². The molecule has 1 fully saturated rings. The van der Waals surface area contributed by atoms with Gasteiger partial charge in [-0.3, -0.25) is 9.59 Å². The van der Waals surface area contributed by atoms with Crippen LogP contribution in [0.1, 0.15) is 33.6 Å². The summed E-state index contributed by atoms with van der Waals surface area (Å²) >= 11 is 0. The highest BCUT2D eigenvalue weighted by atomic mass is 16.7. The quantitative estimate of drug-likeness (QED) is 0.604. The van der Waals surface area contributed by atoms with Crippen LogP contribution in [0.15, 0.2) is 0 Å². The standard InChI is InChI=1S/C9H14O4/c1-6(10)4-7-5-8(11)13-9(2,3)12-7/h7H,4-5H2,1-3H3. The Labute approximate surface area is 77.2 Å². The van der Waals surface area contributed by atoms with Crippen molar-refractivity contribution in [2.24, 2.45) is 0 Å². The molecule has 4 heteroatoms. The maximum Gasteiger partial charge on any atom is 0.310 e. The van der Waals surface area contributed by atoms with Crippen LogP contribution >= 0.6 is 0 Å². The predicted molar refractivity (Wildman–Crippen MR) is 45.0 cm³/mol. The summed E-state index contributed by atoms with van der Waals surface area (Å²) in [6.07, 6.45) is 0.121. The Bertz CT molecular complexity index is 230. The van der Waals surface area contributed by atoms with Crippen LogP contribution in [-0.2, 0) is 19.1 Å². The molecule has 0 aromatic heterocycles. The van der Waals surface area contributed by atoms with Gasteiger partial charge in [0.15, 0.2) is 0 Å². The Morgan fingerprint density at radius 3 is 2.69 bits per heavy atom. The van der Waals surface area contributed by atoms with Crippen LogP contribution < -0.4 is 0 Å². The van der Waals surface area contributed by atoms with Gasteiger partial charge < -0.3 is 9.47 Å². The number of hydrogen-bond acceptors (Lipinski definition) is 4. The summed E-state index contributed by atoms with van der Waals surface area (Å²) in [6, 6.07) is 0. The number of carbonyl (C=O) groups is 2. The zero-order chi connectivity index (χ0) is 10.1. The Morgan fingerprint density at radius 1 is 1.62 bits per heavy atom. The Morgan fingerprint density at radius 2 is 2.23 bits per heavy atom. The zero-order valence-corrected chi connectivity index (χ0v) is 8.12. The van der Waals surface area contributed by atoms with Crippen LogP contribution in [0.25, 0.3) is 0 Å². The predicted octanol–water partition coefficient (Wildman–Crippen LogP) is 1.03. The molecule has 1 saturated heterocycles. The smallest absolute Gasteiger partial charge is 0.310 e. The number of hydrogen-bond donors (Lipinski definition) is 0. The Hall–Kier alpha value is -0.900. The van der Waals surface area contributed by atoms with Crippen molar-refractivity contribution in [3.63, 3.8) is 0 Å². The first kappa shape index (κ1) is 10.2. The van der Waals surface area contributed by atoms with Crippen molar-refractivity contribution in [2.45, 2.75) is 45.5 Å². The summed E-state index contributed by atoms with van der Waals surface area (Å²) in [5, 5.41) is 0. The number of ether oxygens (including phenoxy) is 2. The summed E-state index contributed by atoms with van der Waals surface area (Å²) in [7, 11) is 0. The van der Waals surface area contributed by atoms with Crippen molar-refractivity contribution in [1.82, 2.24) is 0 Å². The van der Waals surface area contributed by atoms with E-state index in [4.69, 9.17) is 9.47 Å². The molecule has 74 valence electrons. The molecule has 0 aliphatic carbocycles. The van der Waals surface area contributed by atoms with Gasteiger partial charge in [0.1, 0.15) is 5.78 Å². The van der Waals surface area contributed by atoms with Gasteiger partial charge in [0.25, 0.3) is 0 Å². The van der Waals surface area contributed by atoms with Crippen LogP contribution in [0.5, 0.6) is 0 Å². The molecule has 0 saturated carbocycles. The normalized spacial score (nSPS) is 26.7. The van der Waals surface area contributed by atoms with Gasteiger partial charge >= 0.3 is 5.97 Å². The molecule has 1 heterocycles. The number of Topliss-reactive ketones (excluding diaryl/α,β-unsaturated/α-hetero) is 1. The van der Waals surface area contributed by atoms with E-state index in [-0.39, 0.29) is 30.7 Å². The second-order valence-electron chi connectivity index (χ2n) is 3.72. The molecular formula is C9H14O4. The van der Waals surface area contributed by atoms with E-state index < -0.39 is 5.79 Å². The molecular weight excluding hydrogens is 172 g/mol. The third-order valence-corrected chi connectivity index (χ3v) is 1.72. The first-order valence-corrected chi connectivity index (χ1v) is 4.28. The molecule has 1 aliphatic heterocycles. The van der Waals surface area contributed by atoms with Gasteiger partial charge in [0.2, 0.25) is 5.79 Å². The minimum Gasteiger partial charge on any atom is -0.434 e. The zero-order valence-electron chi connectivity index (χ0n) is 8.12. The molecule has 0 aromatic carbocycles. The second kappa shape index (κ2) is 3.46. The van der Waals surface area contributed by atoms with E-state index >= 15 is 0 Å². The number of esters is 1. The fourth-order valence-corrected chi connectivity index (χ4v) is 1.40. The minimum atomic E-state index is -0.893. The fraction of sp³-hybridized carbons (Fsp3) is 0.778. The van der Waals surface area contributed by atoms with Crippen molar-refractivity contribution in [3.05, 3.63) is 0 Å². The highest BCUT2D eigenvalue weighted by molar-refractivity contribution is 5.78. The average molecular weight is 186 g/mol. The van der Waals surface area contributed by atoms with Crippen molar-refractivity contribution >= 4 is 11.8 Å². The highest BCUT2D eigenvalue weighted by Gasteiger charge is 2.35. The summed E-state index contributed by atoms with van der Waals surface area (Å²) < 4.78 is 10.3. The first-order chi connectivity index (χ1) is 5.89. The minimum absolute atomic E-state index is 0.0236. The van der Waals surface area contributed by atoms with Gasteiger partial charge in [-0.2, -0.15) is 0 Å². The molecule has 1 unspecified atom stereocenters. The lowest BCUT2D eigenvalue weighted by Crippen LogP contribution is -2.43. The lowest BCUT2D eigenvalue weighted by molar-refractivity contribution is -0.257. The van der Waals surface area contributed by atoms with Crippen LogP contribution in [-0.4, -0.2) is 23.6 Å². The molecule has 1 atom stereocenters. The van der Waals surface area contributed by atoms with E-state index in [0.717, 1.165) is 0 Å². The van der Waals surface area contributed by atoms with Crippen molar-refractivity contribution in [1.29, 1.82) is 0 Å². The topological polar surface area (TPSA) is 52.6 Å². The van der Waals surface area contributed by atoms with Gasteiger partial charge in [0.05, 0.1) is 12.5 Å². The third-order valence-electron chi connectivity index (χ3n) is 1.72. The van der Waals surface area contributed by atoms with E-state index in [9.17, 15) is 9.59 Å². The van der Waals surface area contributed by atoms with Gasteiger partial charge in [-0.1, -0.05) is 0 Å². The first-order valence-electron chi connectivity index (χ1n) is 4.28. The van der Waals surface area contributed by atoms with E-state index in [2.05, 4.69) is 0 Å². The number of ketones is 1. The molecule has 1 rings (SSSR count). The lowest BCUT2D eigenvalue weighted by Gasteiger charge is -2.34. The molecule has 0 radical (unpaired) electrons. The number of cyclic esters (lactones) is 1. The molecule has 4 nitrogen and oxygen atoms in total. The molecule has 0 N–H and O–H groups in total. The van der Waals surface area contributed by atoms with Crippen LogP contribution in [0.3, 0.4) is 0 Å². The van der Waals surface area contributed by atoms with Gasteiger partial charge in [-0.25, -0.2) is 0 Å². The van der Waals surface area contributed by atoms with Gasteiger partial charge in [0, 0.05) is 20.3 Å². The monoisotopic (exact) mass is 186 g/mol. The molecule has 0 aromatic rings. The third kappa shape index (κ3) is 3.14. The average Bonchev–Trinajstić information content (AvgIpc) is 1.78. The molecule has 1 aliphatic rings. The van der Waals surface area contributed by atoms with Crippen LogP contribution in [0.2, 0.25) is 0 Å². The van der Waals surface area contributed by atoms with Crippen LogP contribution in [0, 0.1) is 0 Å². The van der Waals surface area contributed by atoms with Gasteiger partial charge in [-0.05, 0) is 6.92 Å². The summed E-state index contributed by atoms with van der Waals surface area (Å²) in [4.78, 5) is 21.9. The molecule has 0 amide bonds. The molecule has 0 bridgehead atoms. The second-order valence-corrected chi connectivity index (χ2v) is 3.72. The Balaban J connectivity index is 2.57. The largest absolute Gasteiger partial charge is 0.434 e. The van der Waals surface area contributed by atoms with Crippen molar-refractivity contribution in [3.8, 4) is 0 Å². The van der Waals surface area contributed by atoms with Crippen LogP contribution in [0.4, 0.5) is 0 Å². The van der Waals surface area contributed by atoms with E-state index in [1.54, 1.807) is 13.8 Å². The Kier molecular flexibility index (Phi) is 2.71. The SMILES string of the molecule is CC(=O)CC1CC(=O)OC(C)(C)O1. The number of rotatable bonds is 2. The maximum atomic E-state index is 11.1. The number of carbonyl (C=O) groups excluding carboxylic acids is 2. The van der Waals surface area contributed by atoms with E-state index in [0.29, 0.717) is 0 Å².